The molecular weight excluding hydrogens is 224 g/mol. The van der Waals surface area contributed by atoms with Gasteiger partial charge in [0.25, 0.3) is 0 Å². The van der Waals surface area contributed by atoms with Crippen LogP contribution < -0.4 is 0 Å². The molecule has 1 aromatic rings. The van der Waals surface area contributed by atoms with Crippen LogP contribution in [-0.2, 0) is 12.0 Å². The van der Waals surface area contributed by atoms with E-state index in [1.807, 2.05) is 18.5 Å². The van der Waals surface area contributed by atoms with Crippen molar-refractivity contribution < 1.29 is 5.11 Å². The van der Waals surface area contributed by atoms with Gasteiger partial charge in [-0.25, -0.2) is 0 Å². The van der Waals surface area contributed by atoms with Crippen molar-refractivity contribution in [2.75, 3.05) is 0 Å². The fourth-order valence-corrected chi connectivity index (χ4v) is 1.71. The lowest BCUT2D eigenvalue weighted by molar-refractivity contribution is 0.165. The quantitative estimate of drug-likeness (QED) is 0.893. The molecule has 0 saturated heterocycles. The number of aliphatic hydroxyl groups is 1. The average Bonchev–Trinajstić information content (AvgIpc) is 2.63. The highest BCUT2D eigenvalue weighted by molar-refractivity contribution is 5.20. The second-order valence-electron chi connectivity index (χ2n) is 5.89. The molecule has 0 bridgehead atoms. The predicted octanol–water partition coefficient (Wildman–Crippen LogP) is 3.71. The molecule has 0 radical (unpaired) electrons. The zero-order valence-corrected chi connectivity index (χ0v) is 13.3. The minimum Gasteiger partial charge on any atom is -0.391 e. The summed E-state index contributed by atoms with van der Waals surface area (Å²) >= 11 is 0. The highest BCUT2D eigenvalue weighted by Crippen LogP contribution is 2.25. The van der Waals surface area contributed by atoms with E-state index in [2.05, 4.69) is 45.8 Å². The molecule has 0 spiro atoms. The second-order valence-corrected chi connectivity index (χ2v) is 5.89. The summed E-state index contributed by atoms with van der Waals surface area (Å²) in [6.07, 6.45) is -0.360. The maximum atomic E-state index is 9.48. The van der Waals surface area contributed by atoms with E-state index in [0.717, 1.165) is 5.69 Å². The molecule has 0 aliphatic heterocycles. The third-order valence-corrected chi connectivity index (χ3v) is 2.60. The Kier molecular flexibility index (Phi) is 6.61. The van der Waals surface area contributed by atoms with Gasteiger partial charge in [0, 0.05) is 11.1 Å². The standard InChI is InChI=1S/C13H24N2O.C2H6/c1-9(2)11-7-12(13(4,5)6)15(14-11)8-10(3)16;1-2/h7,9-10,16H,8H2,1-6H3;1-2H3. The average molecular weight is 254 g/mol. The van der Waals surface area contributed by atoms with Crippen molar-refractivity contribution in [1.29, 1.82) is 0 Å². The van der Waals surface area contributed by atoms with Gasteiger partial charge in [-0.05, 0) is 18.9 Å². The summed E-state index contributed by atoms with van der Waals surface area (Å²) in [6, 6.07) is 2.16. The van der Waals surface area contributed by atoms with E-state index >= 15 is 0 Å². The van der Waals surface area contributed by atoms with Crippen LogP contribution in [0, 0.1) is 0 Å². The molecule has 0 amide bonds. The van der Waals surface area contributed by atoms with Gasteiger partial charge >= 0.3 is 0 Å². The minimum atomic E-state index is -0.360. The summed E-state index contributed by atoms with van der Waals surface area (Å²) in [5, 5.41) is 14.1. The molecule has 18 heavy (non-hydrogen) atoms. The Bertz CT molecular complexity index is 346. The smallest absolute Gasteiger partial charge is 0.0708 e. The largest absolute Gasteiger partial charge is 0.391 e. The molecular formula is C15H30N2O. The summed E-state index contributed by atoms with van der Waals surface area (Å²) < 4.78 is 1.94. The molecule has 3 nitrogen and oxygen atoms in total. The van der Waals surface area contributed by atoms with Gasteiger partial charge in [-0.2, -0.15) is 5.10 Å². The Morgan fingerprint density at radius 1 is 1.22 bits per heavy atom. The van der Waals surface area contributed by atoms with Crippen LogP contribution in [0.1, 0.15) is 72.7 Å². The van der Waals surface area contributed by atoms with Crippen LogP contribution in [0.4, 0.5) is 0 Å². The number of nitrogens with zero attached hydrogens (tertiary/aromatic N) is 2. The van der Waals surface area contributed by atoms with E-state index in [9.17, 15) is 5.11 Å². The van der Waals surface area contributed by atoms with E-state index in [0.29, 0.717) is 12.5 Å². The number of hydrogen-bond donors (Lipinski definition) is 1. The second kappa shape index (κ2) is 6.93. The first-order valence-electron chi connectivity index (χ1n) is 6.98. The molecule has 106 valence electrons. The molecule has 0 fully saturated rings. The van der Waals surface area contributed by atoms with Crippen molar-refractivity contribution in [3.63, 3.8) is 0 Å². The van der Waals surface area contributed by atoms with Crippen molar-refractivity contribution in [2.24, 2.45) is 0 Å². The fourth-order valence-electron chi connectivity index (χ4n) is 1.71. The summed E-state index contributed by atoms with van der Waals surface area (Å²) in [5.41, 5.74) is 2.36. The van der Waals surface area contributed by atoms with Crippen LogP contribution in [0.25, 0.3) is 0 Å². The molecule has 1 rings (SSSR count). The van der Waals surface area contributed by atoms with Crippen molar-refractivity contribution in [3.05, 3.63) is 17.5 Å². The summed E-state index contributed by atoms with van der Waals surface area (Å²) in [4.78, 5) is 0. The molecule has 0 aliphatic carbocycles. The number of hydrogen-bond acceptors (Lipinski definition) is 2. The minimum absolute atomic E-state index is 0.0645. The Morgan fingerprint density at radius 3 is 2.06 bits per heavy atom. The molecule has 0 saturated carbocycles. The summed E-state index contributed by atoms with van der Waals surface area (Å²) in [5.74, 6) is 0.427. The third-order valence-electron chi connectivity index (χ3n) is 2.60. The van der Waals surface area contributed by atoms with Gasteiger partial charge in [0.15, 0.2) is 0 Å². The van der Waals surface area contributed by atoms with E-state index in [-0.39, 0.29) is 11.5 Å². The van der Waals surface area contributed by atoms with Crippen molar-refractivity contribution in [2.45, 2.75) is 79.4 Å². The van der Waals surface area contributed by atoms with Gasteiger partial charge in [0.2, 0.25) is 0 Å². The van der Waals surface area contributed by atoms with Crippen LogP contribution in [0.2, 0.25) is 0 Å². The number of rotatable bonds is 3. The maximum absolute atomic E-state index is 9.48. The zero-order chi connectivity index (χ0) is 14.5. The van der Waals surface area contributed by atoms with E-state index < -0.39 is 0 Å². The topological polar surface area (TPSA) is 38.0 Å². The van der Waals surface area contributed by atoms with Crippen LogP contribution in [0.3, 0.4) is 0 Å². The molecule has 1 aromatic heterocycles. The van der Waals surface area contributed by atoms with Crippen molar-refractivity contribution >= 4 is 0 Å². The van der Waals surface area contributed by atoms with Gasteiger partial charge < -0.3 is 5.11 Å². The predicted molar refractivity (Wildman–Crippen MR) is 78.0 cm³/mol. The molecule has 3 heteroatoms. The fraction of sp³-hybridized carbons (Fsp3) is 0.800. The van der Waals surface area contributed by atoms with Crippen molar-refractivity contribution in [1.82, 2.24) is 9.78 Å². The molecule has 1 N–H and O–H groups in total. The summed E-state index contributed by atoms with van der Waals surface area (Å²) in [7, 11) is 0. The van der Waals surface area contributed by atoms with E-state index in [4.69, 9.17) is 0 Å². The van der Waals surface area contributed by atoms with E-state index in [1.165, 1.54) is 5.69 Å². The van der Waals surface area contributed by atoms with Gasteiger partial charge in [-0.3, -0.25) is 4.68 Å². The Balaban J connectivity index is 0.00000137. The van der Waals surface area contributed by atoms with Crippen molar-refractivity contribution in [3.8, 4) is 0 Å². The van der Waals surface area contributed by atoms with Gasteiger partial charge in [-0.15, -0.1) is 0 Å². The molecule has 1 atom stereocenters. The lowest BCUT2D eigenvalue weighted by Crippen LogP contribution is -2.22. The highest BCUT2D eigenvalue weighted by Gasteiger charge is 2.22. The van der Waals surface area contributed by atoms with Gasteiger partial charge in [0.1, 0.15) is 0 Å². The lowest BCUT2D eigenvalue weighted by atomic mass is 9.91. The number of aromatic nitrogens is 2. The normalized spacial score (nSPS) is 13.2. The lowest BCUT2D eigenvalue weighted by Gasteiger charge is -2.20. The zero-order valence-electron chi connectivity index (χ0n) is 13.3. The van der Waals surface area contributed by atoms with Crippen LogP contribution in [0.5, 0.6) is 0 Å². The molecule has 1 unspecified atom stereocenters. The van der Waals surface area contributed by atoms with E-state index in [1.54, 1.807) is 6.92 Å². The number of aliphatic hydroxyl groups excluding tert-OH is 1. The third kappa shape index (κ3) is 4.81. The van der Waals surface area contributed by atoms with Gasteiger partial charge in [0.05, 0.1) is 18.3 Å². The first-order chi connectivity index (χ1) is 8.21. The maximum Gasteiger partial charge on any atom is 0.0708 e. The SMILES string of the molecule is CC.CC(O)Cn1nc(C(C)C)cc1C(C)(C)C. The Morgan fingerprint density at radius 2 is 1.72 bits per heavy atom. The highest BCUT2D eigenvalue weighted by atomic mass is 16.3. The monoisotopic (exact) mass is 254 g/mol. The van der Waals surface area contributed by atoms with Crippen LogP contribution >= 0.6 is 0 Å². The Hall–Kier alpha value is -0.830. The first kappa shape index (κ1) is 17.2. The molecule has 1 heterocycles. The Labute approximate surface area is 112 Å². The van der Waals surface area contributed by atoms with Crippen LogP contribution in [0.15, 0.2) is 6.07 Å². The van der Waals surface area contributed by atoms with Crippen LogP contribution in [-0.4, -0.2) is 21.0 Å². The summed E-state index contributed by atoms with van der Waals surface area (Å²) in [6.45, 7) is 17.2. The first-order valence-corrected chi connectivity index (χ1v) is 6.98. The van der Waals surface area contributed by atoms with Gasteiger partial charge in [-0.1, -0.05) is 48.5 Å². The molecule has 0 aromatic carbocycles. The molecule has 0 aliphatic rings.